The molecule has 2 atom stereocenters. The lowest BCUT2D eigenvalue weighted by atomic mass is 10.0. The average Bonchev–Trinajstić information content (AvgIpc) is 3.28. The van der Waals surface area contributed by atoms with Gasteiger partial charge in [0.15, 0.2) is 0 Å². The molecule has 4 N–H and O–H groups in total. The highest BCUT2D eigenvalue weighted by atomic mass is 32.2. The summed E-state index contributed by atoms with van der Waals surface area (Å²) < 4.78 is 27.3. The van der Waals surface area contributed by atoms with Crippen LogP contribution in [-0.2, 0) is 48.6 Å². The smallest absolute Gasteiger partial charge is 0.326 e. The van der Waals surface area contributed by atoms with Crippen LogP contribution in [0.1, 0.15) is 36.5 Å². The van der Waals surface area contributed by atoms with E-state index in [9.17, 15) is 27.6 Å². The molecular formula is C32H37N5O6S. The second-order valence-electron chi connectivity index (χ2n) is 10.6. The summed E-state index contributed by atoms with van der Waals surface area (Å²) in [5, 5.41) is 8.42. The van der Waals surface area contributed by atoms with Crippen LogP contribution in [0.3, 0.4) is 0 Å². The Hall–Kier alpha value is -4.71. The lowest BCUT2D eigenvalue weighted by molar-refractivity contribution is -0.131. The van der Waals surface area contributed by atoms with E-state index in [1.807, 2.05) is 53.3 Å². The zero-order valence-corrected chi connectivity index (χ0v) is 25.3. The van der Waals surface area contributed by atoms with Crippen molar-refractivity contribution in [3.63, 3.8) is 0 Å². The van der Waals surface area contributed by atoms with E-state index in [1.54, 1.807) is 24.3 Å². The van der Waals surface area contributed by atoms with Crippen LogP contribution in [0.2, 0.25) is 0 Å². The Balaban J connectivity index is 1.45. The molecule has 11 nitrogen and oxygen atoms in total. The van der Waals surface area contributed by atoms with E-state index in [1.165, 1.54) is 12.5 Å². The van der Waals surface area contributed by atoms with E-state index in [2.05, 4.69) is 28.1 Å². The first-order chi connectivity index (χ1) is 21.1. The number of nitrogens with zero attached hydrogens (tertiary/aromatic N) is 1. The fraction of sp³-hybridized carbons (Fsp3) is 0.312. The fourth-order valence-electron chi connectivity index (χ4n) is 4.93. The van der Waals surface area contributed by atoms with Crippen LogP contribution in [0.15, 0.2) is 84.9 Å². The van der Waals surface area contributed by atoms with Crippen LogP contribution in [-0.4, -0.2) is 57.2 Å². The Bertz CT molecular complexity index is 1550. The summed E-state index contributed by atoms with van der Waals surface area (Å²) in [6.45, 7) is 1.43. The summed E-state index contributed by atoms with van der Waals surface area (Å²) in [6, 6.07) is 23.8. The molecule has 1 saturated heterocycles. The van der Waals surface area contributed by atoms with Gasteiger partial charge < -0.3 is 16.0 Å². The summed E-state index contributed by atoms with van der Waals surface area (Å²) >= 11 is 0. The molecule has 1 aliphatic rings. The Morgan fingerprint density at radius 2 is 1.34 bits per heavy atom. The molecule has 3 aromatic rings. The van der Waals surface area contributed by atoms with Crippen molar-refractivity contribution in [1.29, 1.82) is 0 Å². The maximum atomic E-state index is 13.4. The maximum Gasteiger partial charge on any atom is 0.326 e. The summed E-state index contributed by atoms with van der Waals surface area (Å²) in [5.74, 6) is -1.87. The van der Waals surface area contributed by atoms with Gasteiger partial charge in [-0.3, -0.25) is 19.2 Å². The molecule has 3 aromatic carbocycles. The predicted octanol–water partition coefficient (Wildman–Crippen LogP) is 1.78. The molecule has 44 heavy (non-hydrogen) atoms. The summed E-state index contributed by atoms with van der Waals surface area (Å²) in [7, 11) is -3.95. The monoisotopic (exact) mass is 619 g/mol. The van der Waals surface area contributed by atoms with Crippen molar-refractivity contribution < 1.29 is 27.6 Å². The summed E-state index contributed by atoms with van der Waals surface area (Å²) in [6.07, 6.45) is 2.86. The number of hydrogen-bond acceptors (Lipinski definition) is 6. The SMILES string of the molecule is CC(=O)N[C@@H](Cc1ccccc1)C(=O)N[C@@H](Cc1ccc(N2CC(=O)NS2(=O)=O)cc1)C(=O)NCCCCc1ccccc1. The quantitative estimate of drug-likeness (QED) is 0.202. The molecule has 0 bridgehead atoms. The number of carbonyl (C=O) groups is 4. The van der Waals surface area contributed by atoms with Crippen molar-refractivity contribution in [2.24, 2.45) is 0 Å². The third-order valence-corrected chi connectivity index (χ3v) is 8.53. The van der Waals surface area contributed by atoms with Gasteiger partial charge in [0.2, 0.25) is 17.7 Å². The molecule has 0 radical (unpaired) electrons. The Morgan fingerprint density at radius 3 is 1.91 bits per heavy atom. The number of nitrogens with one attached hydrogen (secondary N) is 4. The number of benzene rings is 3. The normalized spacial score (nSPS) is 15.1. The van der Waals surface area contributed by atoms with Gasteiger partial charge in [-0.1, -0.05) is 72.8 Å². The van der Waals surface area contributed by atoms with Gasteiger partial charge in [0.05, 0.1) is 5.69 Å². The van der Waals surface area contributed by atoms with E-state index in [4.69, 9.17) is 0 Å². The third kappa shape index (κ3) is 9.40. The first-order valence-corrected chi connectivity index (χ1v) is 15.9. The molecule has 232 valence electrons. The topological polar surface area (TPSA) is 154 Å². The van der Waals surface area contributed by atoms with Crippen molar-refractivity contribution in [3.05, 3.63) is 102 Å². The second kappa shape index (κ2) is 15.1. The van der Waals surface area contributed by atoms with Gasteiger partial charge in [-0.15, -0.1) is 0 Å². The Morgan fingerprint density at radius 1 is 0.773 bits per heavy atom. The Labute approximate surface area is 257 Å². The molecule has 4 amide bonds. The van der Waals surface area contributed by atoms with E-state index in [0.717, 1.165) is 29.1 Å². The minimum atomic E-state index is -3.95. The van der Waals surface area contributed by atoms with E-state index in [-0.39, 0.29) is 31.2 Å². The third-order valence-electron chi connectivity index (χ3n) is 7.13. The molecule has 0 aliphatic carbocycles. The molecule has 0 spiro atoms. The molecule has 1 heterocycles. The number of hydrogen-bond donors (Lipinski definition) is 4. The lowest BCUT2D eigenvalue weighted by Gasteiger charge is -2.23. The second-order valence-corrected chi connectivity index (χ2v) is 12.2. The van der Waals surface area contributed by atoms with E-state index >= 15 is 0 Å². The van der Waals surface area contributed by atoms with Gasteiger partial charge in [0.1, 0.15) is 18.6 Å². The molecule has 0 aromatic heterocycles. The van der Waals surface area contributed by atoms with E-state index in [0.29, 0.717) is 17.8 Å². The first kappa shape index (κ1) is 32.2. The highest BCUT2D eigenvalue weighted by Gasteiger charge is 2.34. The minimum Gasteiger partial charge on any atom is -0.354 e. The molecule has 0 saturated carbocycles. The van der Waals surface area contributed by atoms with Crippen LogP contribution >= 0.6 is 0 Å². The van der Waals surface area contributed by atoms with Gasteiger partial charge in [0, 0.05) is 26.3 Å². The van der Waals surface area contributed by atoms with Gasteiger partial charge >= 0.3 is 10.2 Å². The van der Waals surface area contributed by atoms with Gasteiger partial charge in [-0.25, -0.2) is 9.03 Å². The highest BCUT2D eigenvalue weighted by Crippen LogP contribution is 2.21. The van der Waals surface area contributed by atoms with Crippen molar-refractivity contribution in [1.82, 2.24) is 20.7 Å². The van der Waals surface area contributed by atoms with Crippen molar-refractivity contribution >= 4 is 39.5 Å². The van der Waals surface area contributed by atoms with Crippen LogP contribution < -0.4 is 25.0 Å². The number of rotatable bonds is 14. The molecule has 12 heteroatoms. The number of carbonyl (C=O) groups excluding carboxylic acids is 4. The molecule has 0 unspecified atom stereocenters. The Kier molecular flexibility index (Phi) is 11.1. The van der Waals surface area contributed by atoms with Crippen molar-refractivity contribution in [3.8, 4) is 0 Å². The summed E-state index contributed by atoms with van der Waals surface area (Å²) in [5.41, 5.74) is 3.02. The number of unbranched alkanes of at least 4 members (excludes halogenated alkanes) is 1. The fourth-order valence-corrected chi connectivity index (χ4v) is 6.08. The average molecular weight is 620 g/mol. The predicted molar refractivity (Wildman–Crippen MR) is 167 cm³/mol. The zero-order valence-electron chi connectivity index (χ0n) is 24.5. The van der Waals surface area contributed by atoms with Crippen molar-refractivity contribution in [2.45, 2.75) is 51.1 Å². The van der Waals surface area contributed by atoms with Crippen LogP contribution in [0.5, 0.6) is 0 Å². The summed E-state index contributed by atoms with van der Waals surface area (Å²) in [4.78, 5) is 50.4. The highest BCUT2D eigenvalue weighted by molar-refractivity contribution is 7.92. The standard InChI is InChI=1S/C32H37N5O6S/c1-23(38)34-29(20-25-13-6-3-7-14-25)32(41)35-28(31(40)33-19-9-8-12-24-10-4-2-5-11-24)21-26-15-17-27(18-16-26)37-22-30(39)36-44(37,42)43/h2-7,10-11,13-18,28-29H,8-9,12,19-22H2,1H3,(H,33,40)(H,34,38)(H,35,41)(H,36,39)/t28-,29-/m0/s1. The number of aryl methyl sites for hydroxylation is 1. The first-order valence-electron chi connectivity index (χ1n) is 14.5. The molecular weight excluding hydrogens is 582 g/mol. The largest absolute Gasteiger partial charge is 0.354 e. The van der Waals surface area contributed by atoms with Gasteiger partial charge in [-0.05, 0) is 48.1 Å². The van der Waals surface area contributed by atoms with Gasteiger partial charge in [0.25, 0.3) is 5.91 Å². The molecule has 1 fully saturated rings. The molecule has 1 aliphatic heterocycles. The van der Waals surface area contributed by atoms with Crippen LogP contribution in [0.25, 0.3) is 0 Å². The lowest BCUT2D eigenvalue weighted by Crippen LogP contribution is -2.55. The molecule has 4 rings (SSSR count). The van der Waals surface area contributed by atoms with E-state index < -0.39 is 34.1 Å². The van der Waals surface area contributed by atoms with Crippen molar-refractivity contribution in [2.75, 3.05) is 17.4 Å². The van der Waals surface area contributed by atoms with Gasteiger partial charge in [-0.2, -0.15) is 8.42 Å². The number of anilines is 1. The maximum absolute atomic E-state index is 13.4. The zero-order chi connectivity index (χ0) is 31.5. The number of amides is 4. The minimum absolute atomic E-state index is 0.115. The van der Waals surface area contributed by atoms with Crippen LogP contribution in [0.4, 0.5) is 5.69 Å². The van der Waals surface area contributed by atoms with Crippen LogP contribution in [0, 0.1) is 0 Å².